The number of aromatic nitrogens is 3. The zero-order valence-corrected chi connectivity index (χ0v) is 43.8. The van der Waals surface area contributed by atoms with Crippen LogP contribution in [0.3, 0.4) is 0 Å². The van der Waals surface area contributed by atoms with Crippen molar-refractivity contribution in [1.29, 1.82) is 0 Å². The number of alkyl carbamates (subject to hydrolysis) is 2. The van der Waals surface area contributed by atoms with Crippen LogP contribution in [0.5, 0.6) is 5.75 Å². The maximum absolute atomic E-state index is 14.2. The van der Waals surface area contributed by atoms with Crippen molar-refractivity contribution in [3.63, 3.8) is 0 Å². The highest BCUT2D eigenvalue weighted by Gasteiger charge is 2.49. The lowest BCUT2D eigenvalue weighted by molar-refractivity contribution is -0.274. The smallest absolute Gasteiger partial charge is 0.453 e. The Balaban J connectivity index is 0.911. The summed E-state index contributed by atoms with van der Waals surface area (Å²) in [5, 5.41) is 8.04. The molecule has 2 aromatic heterocycles. The number of hydrogen-bond acceptors (Lipinski definition) is 12. The third-order valence-electron chi connectivity index (χ3n) is 15.1. The molecule has 4 aromatic rings. The first kappa shape index (κ1) is 54.9. The molecule has 1 unspecified atom stereocenters. The van der Waals surface area contributed by atoms with E-state index in [0.29, 0.717) is 79.6 Å². The molecule has 408 valence electrons. The number of likely N-dealkylation sites (tertiary alicyclic amines) is 2. The number of H-pyrrole nitrogens is 1. The molecule has 76 heavy (non-hydrogen) atoms. The minimum Gasteiger partial charge on any atom is -0.453 e. The van der Waals surface area contributed by atoms with E-state index in [0.717, 1.165) is 31.7 Å². The quantitative estimate of drug-likeness (QED) is 0.0947. The number of piperazine rings is 1. The van der Waals surface area contributed by atoms with Crippen molar-refractivity contribution in [3.8, 4) is 28.1 Å². The lowest BCUT2D eigenvalue weighted by Crippen LogP contribution is -2.59. The highest BCUT2D eigenvalue weighted by atomic mass is 19.4. The first-order valence-electron chi connectivity index (χ1n) is 26.0. The van der Waals surface area contributed by atoms with Crippen LogP contribution >= 0.6 is 0 Å². The highest BCUT2D eigenvalue weighted by Crippen LogP contribution is 2.46. The van der Waals surface area contributed by atoms with Crippen LogP contribution in [-0.4, -0.2) is 142 Å². The SMILES string of the molecule is COC(=O)N[C@H](C(=O)N1CCCC1C(=O)N1CCN(c2ccc(NC(=O)c3ccc(-c4ccc(-c5c[nH]c([C@@H]6C[C@@H]7CCCC[C@@H]7N6C(=O)[C@@H](NC(=O)OC)C(C)C)n5)cc4)c(OC(F)(F)F)c3)cn2)[C@H](C)C1)C(C)C. The number of halogens is 3. The largest absolute Gasteiger partial charge is 0.573 e. The number of fused-ring (bicyclic) bond motifs is 1. The summed E-state index contributed by atoms with van der Waals surface area (Å²) < 4.78 is 55.8. The molecule has 0 radical (unpaired) electrons. The number of aromatic amines is 1. The molecule has 3 aliphatic heterocycles. The van der Waals surface area contributed by atoms with E-state index < -0.39 is 48.3 Å². The van der Waals surface area contributed by atoms with Crippen LogP contribution in [0.2, 0.25) is 0 Å². The van der Waals surface area contributed by atoms with Crippen LogP contribution in [0, 0.1) is 17.8 Å². The Kier molecular flexibility index (Phi) is 16.8. The molecule has 4 fully saturated rings. The number of hydrogen-bond donors (Lipinski definition) is 4. The third-order valence-corrected chi connectivity index (χ3v) is 15.1. The van der Waals surface area contributed by atoms with Crippen LogP contribution in [0.1, 0.15) is 102 Å². The topological polar surface area (TPSA) is 221 Å². The van der Waals surface area contributed by atoms with Gasteiger partial charge in [0, 0.05) is 61.1 Å². The monoisotopic (exact) mass is 1060 g/mol. The summed E-state index contributed by atoms with van der Waals surface area (Å²) in [7, 11) is 2.48. The molecule has 6 amide bonds. The summed E-state index contributed by atoms with van der Waals surface area (Å²) in [4.78, 5) is 99.5. The van der Waals surface area contributed by atoms with Crippen molar-refractivity contribution >= 4 is 47.3 Å². The van der Waals surface area contributed by atoms with Crippen LogP contribution in [0.25, 0.3) is 22.4 Å². The van der Waals surface area contributed by atoms with Gasteiger partial charge < -0.3 is 54.7 Å². The Hall–Kier alpha value is -7.39. The zero-order chi connectivity index (χ0) is 54.6. The van der Waals surface area contributed by atoms with Crippen molar-refractivity contribution in [2.24, 2.45) is 17.8 Å². The van der Waals surface area contributed by atoms with Crippen LogP contribution in [-0.2, 0) is 23.9 Å². The Labute approximate surface area is 439 Å². The lowest BCUT2D eigenvalue weighted by atomic mass is 9.84. The van der Waals surface area contributed by atoms with Gasteiger partial charge in [0.1, 0.15) is 35.5 Å². The molecule has 22 heteroatoms. The van der Waals surface area contributed by atoms with Gasteiger partial charge in [-0.1, -0.05) is 64.8 Å². The second-order valence-electron chi connectivity index (χ2n) is 20.7. The van der Waals surface area contributed by atoms with Crippen molar-refractivity contribution in [3.05, 3.63) is 78.4 Å². The third kappa shape index (κ3) is 12.2. The second-order valence-corrected chi connectivity index (χ2v) is 20.7. The molecule has 8 rings (SSSR count). The van der Waals surface area contributed by atoms with E-state index in [9.17, 15) is 41.9 Å². The number of ether oxygens (including phenoxy) is 3. The van der Waals surface area contributed by atoms with Gasteiger partial charge in [-0.05, 0) is 92.7 Å². The van der Waals surface area contributed by atoms with Gasteiger partial charge in [-0.3, -0.25) is 19.2 Å². The number of methoxy groups -OCH3 is 2. The molecule has 2 aromatic carbocycles. The van der Waals surface area contributed by atoms with E-state index in [2.05, 4.69) is 30.7 Å². The molecule has 3 saturated heterocycles. The molecule has 4 N–H and O–H groups in total. The van der Waals surface area contributed by atoms with Gasteiger partial charge in [0.15, 0.2) is 0 Å². The van der Waals surface area contributed by atoms with Gasteiger partial charge >= 0.3 is 18.5 Å². The molecule has 0 spiro atoms. The van der Waals surface area contributed by atoms with E-state index in [-0.39, 0.29) is 64.7 Å². The van der Waals surface area contributed by atoms with Gasteiger partial charge in [0.25, 0.3) is 5.91 Å². The molecular weight excluding hydrogens is 990 g/mol. The molecule has 19 nitrogen and oxygen atoms in total. The Morgan fingerprint density at radius 3 is 2.09 bits per heavy atom. The molecule has 7 atom stereocenters. The number of alkyl halides is 3. The number of nitrogens with one attached hydrogen (secondary N) is 4. The summed E-state index contributed by atoms with van der Waals surface area (Å²) in [6, 6.07) is 11.1. The van der Waals surface area contributed by atoms with Gasteiger partial charge in [0.2, 0.25) is 17.7 Å². The van der Waals surface area contributed by atoms with Crippen LogP contribution < -0.4 is 25.6 Å². The Bertz CT molecular complexity index is 2750. The second kappa shape index (κ2) is 23.2. The van der Waals surface area contributed by atoms with E-state index in [1.165, 1.54) is 32.5 Å². The van der Waals surface area contributed by atoms with Crippen molar-refractivity contribution in [2.45, 2.75) is 122 Å². The number of pyridine rings is 1. The van der Waals surface area contributed by atoms with Crippen molar-refractivity contribution in [1.82, 2.24) is 40.3 Å². The number of imidazole rings is 1. The number of carbonyl (C=O) groups is 6. The van der Waals surface area contributed by atoms with Gasteiger partial charge in [0.05, 0.1) is 37.8 Å². The fraction of sp³-hybridized carbons (Fsp3) is 0.519. The normalized spacial score (nSPS) is 21.4. The van der Waals surface area contributed by atoms with Gasteiger partial charge in [-0.25, -0.2) is 19.6 Å². The van der Waals surface area contributed by atoms with Gasteiger partial charge in [-0.2, -0.15) is 0 Å². The Morgan fingerprint density at radius 1 is 0.789 bits per heavy atom. The van der Waals surface area contributed by atoms with Crippen LogP contribution in [0.4, 0.5) is 34.3 Å². The predicted octanol–water partition coefficient (Wildman–Crippen LogP) is 7.91. The van der Waals surface area contributed by atoms with E-state index >= 15 is 0 Å². The maximum atomic E-state index is 14.2. The minimum absolute atomic E-state index is 0.0000486. The first-order valence-corrected chi connectivity index (χ1v) is 26.0. The fourth-order valence-electron chi connectivity index (χ4n) is 11.2. The van der Waals surface area contributed by atoms with Crippen LogP contribution in [0.15, 0.2) is 67.0 Å². The highest BCUT2D eigenvalue weighted by molar-refractivity contribution is 6.05. The summed E-state index contributed by atoms with van der Waals surface area (Å²) >= 11 is 0. The molecule has 1 saturated carbocycles. The number of carbonyl (C=O) groups excluding carboxylic acids is 6. The standard InChI is InChI=1S/C54H67F3N10O9/c1-30(2)45(62-52(72)74-6)50(70)66-22-10-13-41(66)49(69)64-23-24-65(32(5)29-64)44-21-19-37(27-58-44)60-48(68)36-18-20-38(43(26-36)76-54(55,56)57)33-14-16-34(17-15-33)39-28-59-47(61-39)42-25-35-11-8-9-12-40(35)67(42)51(71)46(31(3)4)63-53(73)75-7/h14-21,26-28,30-32,35,40-42,45-46H,8-13,22-25,29H2,1-7H3,(H,59,61)(H,60,68)(H,62,72)(H,63,73)/t32-,35+,40+,41?,42+,45+,46+/m1/s1. The summed E-state index contributed by atoms with van der Waals surface area (Å²) in [6.45, 7) is 10.9. The lowest BCUT2D eigenvalue weighted by Gasteiger charge is -2.42. The van der Waals surface area contributed by atoms with E-state index in [4.69, 9.17) is 14.5 Å². The number of rotatable bonds is 14. The summed E-state index contributed by atoms with van der Waals surface area (Å²) in [5.74, 6) is -0.921. The summed E-state index contributed by atoms with van der Waals surface area (Å²) in [5.41, 5.74) is 1.92. The predicted molar refractivity (Wildman–Crippen MR) is 275 cm³/mol. The van der Waals surface area contributed by atoms with E-state index in [1.54, 1.807) is 52.4 Å². The minimum atomic E-state index is -5.07. The molecule has 4 aliphatic rings. The number of benzene rings is 2. The molecule has 5 heterocycles. The van der Waals surface area contributed by atoms with E-state index in [1.807, 2.05) is 44.4 Å². The number of amides is 6. The number of nitrogens with zero attached hydrogens (tertiary/aromatic N) is 6. The molecule has 1 aliphatic carbocycles. The fourth-order valence-corrected chi connectivity index (χ4v) is 11.2. The molecule has 0 bridgehead atoms. The summed E-state index contributed by atoms with van der Waals surface area (Å²) in [6.07, 6.45) is 2.47. The Morgan fingerprint density at radius 2 is 1.46 bits per heavy atom. The molecular formula is C54H67F3N10O9. The number of anilines is 2. The zero-order valence-electron chi connectivity index (χ0n) is 43.8. The first-order chi connectivity index (χ1) is 36.2. The van der Waals surface area contributed by atoms with Crippen molar-refractivity contribution < 1.29 is 56.1 Å². The van der Waals surface area contributed by atoms with Crippen molar-refractivity contribution in [2.75, 3.05) is 50.6 Å². The average molecular weight is 1060 g/mol. The maximum Gasteiger partial charge on any atom is 0.573 e. The average Bonchev–Trinajstić information content (AvgIpc) is 4.20. The van der Waals surface area contributed by atoms with Gasteiger partial charge in [-0.15, -0.1) is 13.2 Å².